The Balaban J connectivity index is 1.30. The summed E-state index contributed by atoms with van der Waals surface area (Å²) in [6.07, 6.45) is 3.49. The minimum absolute atomic E-state index is 0.270. The summed E-state index contributed by atoms with van der Waals surface area (Å²) in [4.78, 5) is 21.2. The Morgan fingerprint density at radius 3 is 2.64 bits per heavy atom. The maximum Gasteiger partial charge on any atom is 0.271 e. The van der Waals surface area contributed by atoms with E-state index in [2.05, 4.69) is 37.6 Å². The van der Waals surface area contributed by atoms with Gasteiger partial charge in [0.15, 0.2) is 11.0 Å². The van der Waals surface area contributed by atoms with Crippen LogP contribution in [-0.4, -0.2) is 30.6 Å². The number of amides is 1. The molecule has 0 aliphatic rings. The molecule has 0 aliphatic carbocycles. The van der Waals surface area contributed by atoms with Crippen LogP contribution in [0.3, 0.4) is 0 Å². The number of halogens is 1. The fraction of sp³-hybridized carbons (Fsp3) is 0.115. The second kappa shape index (κ2) is 10.8. The van der Waals surface area contributed by atoms with Crippen LogP contribution in [0.15, 0.2) is 83.6 Å². The molecule has 3 heterocycles. The van der Waals surface area contributed by atoms with Gasteiger partial charge in [-0.25, -0.2) is 9.37 Å². The summed E-state index contributed by atoms with van der Waals surface area (Å²) in [5.74, 6) is 0.660. The standard InChI is InChI=1S/C26H21FN6OS2/c1-17-4-10-21(11-5-17)33-24(19-3-2-12-28-14-19)31-32-26(33)36-16-23-30-22(15-35-23)25(34)29-13-18-6-8-20(27)9-7-18/h2-12,14-15H,13,16H2,1H3,(H,29,34). The Morgan fingerprint density at radius 1 is 1.08 bits per heavy atom. The topological polar surface area (TPSA) is 85.6 Å². The highest BCUT2D eigenvalue weighted by atomic mass is 32.2. The number of nitrogens with one attached hydrogen (secondary N) is 1. The van der Waals surface area contributed by atoms with Crippen LogP contribution >= 0.6 is 23.1 Å². The quantitative estimate of drug-likeness (QED) is 0.276. The van der Waals surface area contributed by atoms with Crippen molar-refractivity contribution >= 4 is 29.0 Å². The van der Waals surface area contributed by atoms with Gasteiger partial charge >= 0.3 is 0 Å². The van der Waals surface area contributed by atoms with E-state index in [1.807, 2.05) is 35.8 Å². The van der Waals surface area contributed by atoms with Gasteiger partial charge in [-0.2, -0.15) is 0 Å². The van der Waals surface area contributed by atoms with Crippen LogP contribution in [0.5, 0.6) is 0 Å². The number of hydrogen-bond acceptors (Lipinski definition) is 7. The maximum absolute atomic E-state index is 13.1. The van der Waals surface area contributed by atoms with Crippen molar-refractivity contribution in [3.8, 4) is 17.1 Å². The van der Waals surface area contributed by atoms with Crippen molar-refractivity contribution in [2.24, 2.45) is 0 Å². The average Bonchev–Trinajstić information content (AvgIpc) is 3.55. The smallest absolute Gasteiger partial charge is 0.271 e. The molecule has 180 valence electrons. The Kier molecular flexibility index (Phi) is 7.15. The number of benzene rings is 2. The van der Waals surface area contributed by atoms with Crippen molar-refractivity contribution in [2.45, 2.75) is 24.4 Å². The van der Waals surface area contributed by atoms with Gasteiger partial charge in [0.25, 0.3) is 5.91 Å². The van der Waals surface area contributed by atoms with Crippen molar-refractivity contribution in [1.29, 1.82) is 0 Å². The molecule has 10 heteroatoms. The molecule has 1 N–H and O–H groups in total. The van der Waals surface area contributed by atoms with Gasteiger partial charge in [0, 0.05) is 35.6 Å². The Morgan fingerprint density at radius 2 is 1.89 bits per heavy atom. The second-order valence-electron chi connectivity index (χ2n) is 7.94. The Labute approximate surface area is 215 Å². The van der Waals surface area contributed by atoms with Crippen LogP contribution in [0.25, 0.3) is 17.1 Å². The van der Waals surface area contributed by atoms with Gasteiger partial charge in [0.2, 0.25) is 0 Å². The van der Waals surface area contributed by atoms with Gasteiger partial charge < -0.3 is 5.32 Å². The van der Waals surface area contributed by atoms with E-state index in [9.17, 15) is 9.18 Å². The minimum Gasteiger partial charge on any atom is -0.347 e. The molecular weight excluding hydrogens is 495 g/mol. The molecule has 0 aliphatic heterocycles. The molecule has 0 unspecified atom stereocenters. The van der Waals surface area contributed by atoms with Gasteiger partial charge in [-0.15, -0.1) is 21.5 Å². The molecule has 0 saturated heterocycles. The van der Waals surface area contributed by atoms with E-state index >= 15 is 0 Å². The van der Waals surface area contributed by atoms with Gasteiger partial charge in [-0.05, 0) is 48.9 Å². The van der Waals surface area contributed by atoms with Crippen LogP contribution in [0, 0.1) is 12.7 Å². The van der Waals surface area contributed by atoms with Crippen molar-refractivity contribution < 1.29 is 9.18 Å². The average molecular weight is 517 g/mol. The number of rotatable bonds is 8. The van der Waals surface area contributed by atoms with Gasteiger partial charge in [-0.3, -0.25) is 14.3 Å². The predicted molar refractivity (Wildman–Crippen MR) is 139 cm³/mol. The largest absolute Gasteiger partial charge is 0.347 e. The van der Waals surface area contributed by atoms with Crippen LogP contribution in [0.1, 0.15) is 26.6 Å². The highest BCUT2D eigenvalue weighted by Gasteiger charge is 2.18. The lowest BCUT2D eigenvalue weighted by Crippen LogP contribution is -2.23. The monoisotopic (exact) mass is 516 g/mol. The lowest BCUT2D eigenvalue weighted by molar-refractivity contribution is 0.0946. The highest BCUT2D eigenvalue weighted by molar-refractivity contribution is 7.98. The van der Waals surface area contributed by atoms with E-state index in [4.69, 9.17) is 0 Å². The summed E-state index contributed by atoms with van der Waals surface area (Å²) >= 11 is 2.92. The molecule has 0 bridgehead atoms. The molecule has 36 heavy (non-hydrogen) atoms. The molecule has 5 rings (SSSR count). The molecule has 7 nitrogen and oxygen atoms in total. The summed E-state index contributed by atoms with van der Waals surface area (Å²) < 4.78 is 15.1. The van der Waals surface area contributed by atoms with E-state index in [1.165, 1.54) is 35.2 Å². The van der Waals surface area contributed by atoms with Crippen LogP contribution in [0.2, 0.25) is 0 Å². The molecule has 0 fully saturated rings. The van der Waals surface area contributed by atoms with Gasteiger partial charge in [-0.1, -0.05) is 41.6 Å². The van der Waals surface area contributed by atoms with Crippen LogP contribution < -0.4 is 5.32 Å². The summed E-state index contributed by atoms with van der Waals surface area (Å²) in [6, 6.07) is 18.0. The lowest BCUT2D eigenvalue weighted by atomic mass is 10.2. The molecular formula is C26H21FN6OS2. The van der Waals surface area contributed by atoms with Crippen LogP contribution in [-0.2, 0) is 12.3 Å². The molecule has 1 amide bonds. The SMILES string of the molecule is Cc1ccc(-n2c(SCc3nc(C(=O)NCc4ccc(F)cc4)cs3)nnc2-c2cccnc2)cc1. The number of carbonyl (C=O) groups excluding carboxylic acids is 1. The van der Waals surface area contributed by atoms with Crippen molar-refractivity contribution in [2.75, 3.05) is 0 Å². The summed E-state index contributed by atoms with van der Waals surface area (Å²) in [7, 11) is 0. The van der Waals surface area contributed by atoms with E-state index in [-0.39, 0.29) is 11.7 Å². The molecule has 3 aromatic heterocycles. The van der Waals surface area contributed by atoms with Crippen molar-refractivity contribution in [1.82, 2.24) is 30.0 Å². The first-order valence-corrected chi connectivity index (χ1v) is 13.0. The molecule has 0 atom stereocenters. The maximum atomic E-state index is 13.1. The first kappa shape index (κ1) is 23.8. The Bertz CT molecular complexity index is 1470. The predicted octanol–water partition coefficient (Wildman–Crippen LogP) is 5.46. The van der Waals surface area contributed by atoms with Gasteiger partial charge in [0.05, 0.1) is 5.75 Å². The zero-order valence-corrected chi connectivity index (χ0v) is 20.9. The second-order valence-corrected chi connectivity index (χ2v) is 9.83. The third-order valence-electron chi connectivity index (χ3n) is 5.32. The first-order chi connectivity index (χ1) is 17.6. The zero-order chi connectivity index (χ0) is 24.9. The summed E-state index contributed by atoms with van der Waals surface area (Å²) in [5, 5.41) is 15.0. The number of aryl methyl sites for hydroxylation is 1. The van der Waals surface area contributed by atoms with E-state index in [0.29, 0.717) is 23.8 Å². The van der Waals surface area contributed by atoms with Crippen molar-refractivity contribution in [3.05, 3.63) is 106 Å². The Hall–Kier alpha value is -3.89. The number of carbonyl (C=O) groups is 1. The third kappa shape index (κ3) is 5.50. The van der Waals surface area contributed by atoms with Crippen LogP contribution in [0.4, 0.5) is 4.39 Å². The number of hydrogen-bond donors (Lipinski definition) is 1. The number of pyridine rings is 1. The van der Waals surface area contributed by atoms with Gasteiger partial charge in [0.1, 0.15) is 16.5 Å². The molecule has 0 spiro atoms. The first-order valence-electron chi connectivity index (χ1n) is 11.1. The number of thiazole rings is 1. The summed E-state index contributed by atoms with van der Waals surface area (Å²) in [6.45, 7) is 2.35. The molecule has 0 saturated carbocycles. The highest BCUT2D eigenvalue weighted by Crippen LogP contribution is 2.30. The number of nitrogens with zero attached hydrogens (tertiary/aromatic N) is 5. The fourth-order valence-electron chi connectivity index (χ4n) is 3.45. The normalized spacial score (nSPS) is 10.9. The number of thioether (sulfide) groups is 1. The zero-order valence-electron chi connectivity index (χ0n) is 19.3. The lowest BCUT2D eigenvalue weighted by Gasteiger charge is -2.10. The minimum atomic E-state index is -0.308. The molecule has 2 aromatic carbocycles. The van der Waals surface area contributed by atoms with Crippen molar-refractivity contribution in [3.63, 3.8) is 0 Å². The van der Waals surface area contributed by atoms with E-state index in [1.54, 1.807) is 29.9 Å². The fourth-order valence-corrected chi connectivity index (χ4v) is 5.20. The third-order valence-corrected chi connectivity index (χ3v) is 7.29. The van der Waals surface area contributed by atoms with E-state index in [0.717, 1.165) is 32.5 Å². The molecule has 0 radical (unpaired) electrons. The van der Waals surface area contributed by atoms with E-state index < -0.39 is 0 Å². The summed E-state index contributed by atoms with van der Waals surface area (Å²) in [5.41, 5.74) is 4.15. The number of aromatic nitrogens is 5. The molecule has 5 aromatic rings.